The van der Waals surface area contributed by atoms with Crippen LogP contribution in [0.25, 0.3) is 10.9 Å². The second-order valence-corrected chi connectivity index (χ2v) is 7.72. The minimum Gasteiger partial charge on any atom is -0.383 e. The van der Waals surface area contributed by atoms with E-state index in [1.807, 2.05) is 6.92 Å². The van der Waals surface area contributed by atoms with Gasteiger partial charge < -0.3 is 14.4 Å². The van der Waals surface area contributed by atoms with Gasteiger partial charge in [0.25, 0.3) is 0 Å². The van der Waals surface area contributed by atoms with Crippen LogP contribution in [0.15, 0.2) is 28.2 Å². The van der Waals surface area contributed by atoms with Crippen LogP contribution in [0.4, 0.5) is 0 Å². The topological polar surface area (TPSA) is 47.0 Å². The second-order valence-electron chi connectivity index (χ2n) is 6.76. The van der Waals surface area contributed by atoms with Crippen molar-refractivity contribution in [3.8, 4) is 0 Å². The molecule has 5 nitrogen and oxygen atoms in total. The number of nitrogens with zero attached hydrogens (tertiary/aromatic N) is 3. The van der Waals surface area contributed by atoms with Crippen LogP contribution in [0.2, 0.25) is 0 Å². The van der Waals surface area contributed by atoms with Gasteiger partial charge in [-0.15, -0.1) is 0 Å². The number of pyridine rings is 1. The molecule has 3 rings (SSSR count). The van der Waals surface area contributed by atoms with Crippen molar-refractivity contribution < 1.29 is 9.47 Å². The molecule has 1 aliphatic heterocycles. The fourth-order valence-electron chi connectivity index (χ4n) is 3.13. The van der Waals surface area contributed by atoms with E-state index in [-0.39, 0.29) is 0 Å². The summed E-state index contributed by atoms with van der Waals surface area (Å²) in [6, 6.07) is 6.63. The number of rotatable bonds is 8. The smallest absolute Gasteiger partial charge is 0.165 e. The molecule has 0 amide bonds. The summed E-state index contributed by atoms with van der Waals surface area (Å²) in [6.45, 7) is 10.9. The molecule has 1 aromatic heterocycles. The first-order chi connectivity index (χ1) is 13.1. The van der Waals surface area contributed by atoms with Gasteiger partial charge in [0, 0.05) is 50.9 Å². The van der Waals surface area contributed by atoms with Crippen molar-refractivity contribution >= 4 is 27.8 Å². The van der Waals surface area contributed by atoms with Crippen molar-refractivity contribution in [1.29, 1.82) is 0 Å². The molecule has 0 spiro atoms. The molecule has 2 heterocycles. The van der Waals surface area contributed by atoms with Crippen LogP contribution in [0.1, 0.15) is 30.0 Å². The molecule has 0 aliphatic carbocycles. The van der Waals surface area contributed by atoms with Crippen molar-refractivity contribution in [3.63, 3.8) is 0 Å². The summed E-state index contributed by atoms with van der Waals surface area (Å²) in [6.07, 6.45) is 0.937. The van der Waals surface area contributed by atoms with Gasteiger partial charge in [0.2, 0.25) is 0 Å². The van der Waals surface area contributed by atoms with Gasteiger partial charge in [-0.1, -0.05) is 12.1 Å². The van der Waals surface area contributed by atoms with Gasteiger partial charge in [-0.25, -0.2) is 4.98 Å². The Morgan fingerprint density at radius 3 is 2.89 bits per heavy atom. The molecule has 0 fully saturated rings. The minimum absolute atomic E-state index is 0.688. The molecule has 6 heteroatoms. The molecule has 0 saturated heterocycles. The highest BCUT2D eigenvalue weighted by atomic mass is 32.2. The van der Waals surface area contributed by atoms with Crippen LogP contribution in [0.5, 0.6) is 0 Å². The summed E-state index contributed by atoms with van der Waals surface area (Å²) in [7, 11) is 1.74. The number of methoxy groups -OCH3 is 1. The van der Waals surface area contributed by atoms with Crippen LogP contribution in [0, 0.1) is 13.8 Å². The molecule has 0 bridgehead atoms. The molecule has 27 heavy (non-hydrogen) atoms. The van der Waals surface area contributed by atoms with Gasteiger partial charge in [0.15, 0.2) is 5.17 Å². The van der Waals surface area contributed by atoms with Gasteiger partial charge in [-0.3, -0.25) is 4.99 Å². The molecule has 0 N–H and O–H groups in total. The second kappa shape index (κ2) is 9.53. The highest BCUT2D eigenvalue weighted by molar-refractivity contribution is 8.13. The first kappa shape index (κ1) is 20.1. The maximum Gasteiger partial charge on any atom is 0.165 e. The monoisotopic (exact) mass is 387 g/mol. The third-order valence-corrected chi connectivity index (χ3v) is 5.95. The quantitative estimate of drug-likeness (QED) is 0.636. The third-order valence-electron chi connectivity index (χ3n) is 4.83. The van der Waals surface area contributed by atoms with Crippen molar-refractivity contribution in [2.75, 3.05) is 40.0 Å². The van der Waals surface area contributed by atoms with E-state index in [4.69, 9.17) is 19.5 Å². The lowest BCUT2D eigenvalue weighted by molar-refractivity contribution is 0.146. The Kier molecular flexibility index (Phi) is 7.10. The van der Waals surface area contributed by atoms with Crippen molar-refractivity contribution in [2.24, 2.45) is 4.99 Å². The van der Waals surface area contributed by atoms with Crippen LogP contribution >= 0.6 is 11.8 Å². The Hall–Kier alpha value is -1.63. The maximum atomic E-state index is 5.42. The Morgan fingerprint density at radius 1 is 1.26 bits per heavy atom. The molecule has 0 saturated carbocycles. The van der Waals surface area contributed by atoms with Crippen LogP contribution in [0.3, 0.4) is 0 Å². The molecule has 0 atom stereocenters. The summed E-state index contributed by atoms with van der Waals surface area (Å²) in [4.78, 5) is 12.1. The Bertz CT molecular complexity index is 823. The normalized spacial score (nSPS) is 15.6. The van der Waals surface area contributed by atoms with Gasteiger partial charge in [-0.05, 0) is 56.1 Å². The Balaban J connectivity index is 1.87. The average Bonchev–Trinajstić information content (AvgIpc) is 2.68. The van der Waals surface area contributed by atoms with E-state index in [1.54, 1.807) is 18.9 Å². The third kappa shape index (κ3) is 4.81. The lowest BCUT2D eigenvalue weighted by Gasteiger charge is -2.30. The zero-order valence-corrected chi connectivity index (χ0v) is 17.6. The number of aliphatic imine (C=N–C) groups is 1. The molecule has 146 valence electrons. The van der Waals surface area contributed by atoms with E-state index in [1.165, 1.54) is 22.1 Å². The lowest BCUT2D eigenvalue weighted by atomic mass is 10.0. The number of aromatic nitrogens is 1. The standard InChI is InChI=1S/C21H29N3O2S/c1-5-26-11-6-9-22-21-24(10-12-25-4)14-18-13-17-8-7-15(2)16(3)19(17)23-20(18)27-21/h7-8,13H,5-6,9-12,14H2,1-4H3. The molecular weight excluding hydrogens is 358 g/mol. The summed E-state index contributed by atoms with van der Waals surface area (Å²) < 4.78 is 10.7. The molecule has 1 aliphatic rings. The summed E-state index contributed by atoms with van der Waals surface area (Å²) in [5.74, 6) is 0. The fraction of sp³-hybridized carbons (Fsp3) is 0.524. The van der Waals surface area contributed by atoms with Gasteiger partial charge in [-0.2, -0.15) is 0 Å². The fourth-order valence-corrected chi connectivity index (χ4v) is 4.13. The number of amidine groups is 1. The predicted octanol–water partition coefficient (Wildman–Crippen LogP) is 4.19. The zero-order valence-electron chi connectivity index (χ0n) is 16.7. The number of thioether (sulfide) groups is 1. The van der Waals surface area contributed by atoms with Crippen molar-refractivity contribution in [3.05, 3.63) is 34.9 Å². The van der Waals surface area contributed by atoms with Gasteiger partial charge in [0.1, 0.15) is 5.03 Å². The largest absolute Gasteiger partial charge is 0.383 e. The number of fused-ring (bicyclic) bond motifs is 2. The lowest BCUT2D eigenvalue weighted by Crippen LogP contribution is -2.35. The predicted molar refractivity (Wildman–Crippen MR) is 113 cm³/mol. The highest BCUT2D eigenvalue weighted by Crippen LogP contribution is 2.34. The first-order valence-electron chi connectivity index (χ1n) is 9.57. The number of ether oxygens (including phenoxy) is 2. The number of benzene rings is 1. The van der Waals surface area contributed by atoms with Crippen LogP contribution in [-0.4, -0.2) is 55.1 Å². The first-order valence-corrected chi connectivity index (χ1v) is 10.4. The Labute approximate surface area is 166 Å². The molecular formula is C21H29N3O2S. The number of aryl methyl sites for hydroxylation is 2. The number of hydrogen-bond donors (Lipinski definition) is 0. The van der Waals surface area contributed by atoms with E-state index in [2.05, 4.69) is 36.9 Å². The molecule has 0 unspecified atom stereocenters. The summed E-state index contributed by atoms with van der Waals surface area (Å²) >= 11 is 1.68. The molecule has 0 radical (unpaired) electrons. The van der Waals surface area contributed by atoms with E-state index in [0.29, 0.717) is 6.61 Å². The zero-order chi connectivity index (χ0) is 19.2. The van der Waals surface area contributed by atoms with E-state index in [0.717, 1.165) is 55.0 Å². The van der Waals surface area contributed by atoms with Crippen molar-refractivity contribution in [2.45, 2.75) is 38.8 Å². The number of hydrogen-bond acceptors (Lipinski definition) is 5. The summed E-state index contributed by atoms with van der Waals surface area (Å²) in [5, 5.41) is 3.32. The minimum atomic E-state index is 0.688. The van der Waals surface area contributed by atoms with E-state index in [9.17, 15) is 0 Å². The Morgan fingerprint density at radius 2 is 2.11 bits per heavy atom. The highest BCUT2D eigenvalue weighted by Gasteiger charge is 2.24. The summed E-state index contributed by atoms with van der Waals surface area (Å²) in [5.41, 5.74) is 4.90. The van der Waals surface area contributed by atoms with Crippen LogP contribution in [-0.2, 0) is 16.0 Å². The van der Waals surface area contributed by atoms with E-state index < -0.39 is 0 Å². The maximum absolute atomic E-state index is 5.42. The SMILES string of the molecule is CCOCCCN=C1Sc2nc3c(C)c(C)ccc3cc2CN1CCOC. The van der Waals surface area contributed by atoms with Crippen molar-refractivity contribution in [1.82, 2.24) is 9.88 Å². The molecule has 2 aromatic rings. The van der Waals surface area contributed by atoms with E-state index >= 15 is 0 Å². The van der Waals surface area contributed by atoms with Gasteiger partial charge >= 0.3 is 0 Å². The average molecular weight is 388 g/mol. The van der Waals surface area contributed by atoms with Crippen LogP contribution < -0.4 is 0 Å². The molecule has 1 aromatic carbocycles. The van der Waals surface area contributed by atoms with Gasteiger partial charge in [0.05, 0.1) is 12.1 Å².